The highest BCUT2D eigenvalue weighted by Gasteiger charge is 2.37. The van der Waals surface area contributed by atoms with E-state index in [1.807, 2.05) is 0 Å². The molecule has 21 heavy (non-hydrogen) atoms. The molecule has 1 saturated carbocycles. The molecule has 9 nitrogen and oxygen atoms in total. The van der Waals surface area contributed by atoms with Crippen molar-refractivity contribution in [1.82, 2.24) is 5.32 Å². The molecular weight excluding hydrogens is 304 g/mol. The molecule has 1 aliphatic rings. The predicted molar refractivity (Wildman–Crippen MR) is 70.7 cm³/mol. The Kier molecular flexibility index (Phi) is 5.67. The van der Waals surface area contributed by atoms with Gasteiger partial charge in [-0.2, -0.15) is 8.42 Å². The van der Waals surface area contributed by atoms with Crippen LogP contribution >= 0.6 is 0 Å². The van der Waals surface area contributed by atoms with Gasteiger partial charge in [0.1, 0.15) is 6.04 Å². The van der Waals surface area contributed by atoms with Crippen LogP contribution in [-0.2, 0) is 24.5 Å². The second-order valence-corrected chi connectivity index (χ2v) is 6.75. The van der Waals surface area contributed by atoms with Crippen LogP contribution in [0.4, 0.5) is 0 Å². The average Bonchev–Trinajstić information content (AvgIpc) is 2.82. The average molecular weight is 322 g/mol. The minimum Gasteiger partial charge on any atom is -0.480 e. The van der Waals surface area contributed by atoms with Crippen LogP contribution in [-0.4, -0.2) is 47.2 Å². The lowest BCUT2D eigenvalue weighted by molar-refractivity contribution is -0.142. The number of rotatable bonds is 7. The van der Waals surface area contributed by atoms with Gasteiger partial charge in [0.25, 0.3) is 10.1 Å². The highest BCUT2D eigenvalue weighted by molar-refractivity contribution is 7.86. The largest absolute Gasteiger partial charge is 0.480 e. The van der Waals surface area contributed by atoms with Gasteiger partial charge < -0.3 is 16.2 Å². The molecule has 120 valence electrons. The van der Waals surface area contributed by atoms with Gasteiger partial charge in [0, 0.05) is 12.3 Å². The first-order valence-electron chi connectivity index (χ1n) is 6.39. The van der Waals surface area contributed by atoms with Crippen molar-refractivity contribution in [3.8, 4) is 0 Å². The fourth-order valence-electron chi connectivity index (χ4n) is 2.28. The van der Waals surface area contributed by atoms with E-state index < -0.39 is 45.1 Å². The Morgan fingerprint density at radius 2 is 1.90 bits per heavy atom. The number of carboxylic acid groups (broad SMARTS) is 1. The summed E-state index contributed by atoms with van der Waals surface area (Å²) in [6, 6.07) is -1.25. The maximum absolute atomic E-state index is 11.9. The monoisotopic (exact) mass is 322 g/mol. The fraction of sp³-hybridized carbons (Fsp3) is 0.727. The van der Waals surface area contributed by atoms with Gasteiger partial charge in [-0.15, -0.1) is 0 Å². The normalized spacial score (nSPS) is 23.5. The Balaban J connectivity index is 2.59. The minimum absolute atomic E-state index is 0.0488. The first-order chi connectivity index (χ1) is 9.61. The summed E-state index contributed by atoms with van der Waals surface area (Å²) < 4.78 is 30.9. The Morgan fingerprint density at radius 1 is 1.29 bits per heavy atom. The van der Waals surface area contributed by atoms with Gasteiger partial charge in [-0.25, -0.2) is 4.79 Å². The highest BCUT2D eigenvalue weighted by atomic mass is 32.2. The van der Waals surface area contributed by atoms with Crippen molar-refractivity contribution < 1.29 is 32.5 Å². The number of hydrogen-bond acceptors (Lipinski definition) is 5. The van der Waals surface area contributed by atoms with E-state index in [-0.39, 0.29) is 32.1 Å². The molecule has 1 rings (SSSR count). The number of nitrogens with one attached hydrogen (secondary N) is 1. The van der Waals surface area contributed by atoms with Crippen molar-refractivity contribution in [2.45, 2.75) is 43.4 Å². The molecule has 10 heteroatoms. The van der Waals surface area contributed by atoms with Crippen LogP contribution in [0.2, 0.25) is 0 Å². The number of amides is 2. The molecule has 0 saturated heterocycles. The number of primary amides is 1. The summed E-state index contributed by atoms with van der Waals surface area (Å²) >= 11 is 0. The van der Waals surface area contributed by atoms with Crippen LogP contribution < -0.4 is 11.1 Å². The van der Waals surface area contributed by atoms with Gasteiger partial charge in [-0.3, -0.25) is 14.1 Å². The Hall–Kier alpha value is -1.68. The summed E-state index contributed by atoms with van der Waals surface area (Å²) in [7, 11) is -4.19. The molecule has 0 aromatic carbocycles. The van der Waals surface area contributed by atoms with Gasteiger partial charge >= 0.3 is 5.97 Å². The van der Waals surface area contributed by atoms with Crippen molar-refractivity contribution in [1.29, 1.82) is 0 Å². The molecule has 0 aromatic heterocycles. The quantitative estimate of drug-likeness (QED) is 0.431. The van der Waals surface area contributed by atoms with Crippen molar-refractivity contribution >= 4 is 27.9 Å². The van der Waals surface area contributed by atoms with Gasteiger partial charge in [-0.05, 0) is 25.7 Å². The van der Waals surface area contributed by atoms with Crippen LogP contribution in [0.5, 0.6) is 0 Å². The Labute approximate surface area is 121 Å². The van der Waals surface area contributed by atoms with E-state index in [4.69, 9.17) is 15.4 Å². The lowest BCUT2D eigenvalue weighted by Crippen LogP contribution is -2.43. The van der Waals surface area contributed by atoms with Gasteiger partial charge in [0.05, 0.1) is 5.25 Å². The van der Waals surface area contributed by atoms with Gasteiger partial charge in [-0.1, -0.05) is 0 Å². The van der Waals surface area contributed by atoms with Crippen molar-refractivity contribution in [2.24, 2.45) is 11.7 Å². The summed E-state index contributed by atoms with van der Waals surface area (Å²) in [4.78, 5) is 33.5. The molecule has 0 heterocycles. The zero-order valence-electron chi connectivity index (χ0n) is 11.2. The van der Waals surface area contributed by atoms with Crippen LogP contribution in [0.15, 0.2) is 0 Å². The third-order valence-electron chi connectivity index (χ3n) is 3.47. The first-order valence-corrected chi connectivity index (χ1v) is 7.89. The van der Waals surface area contributed by atoms with Crippen molar-refractivity contribution in [2.75, 3.05) is 0 Å². The fourth-order valence-corrected chi connectivity index (χ4v) is 3.19. The maximum Gasteiger partial charge on any atom is 0.326 e. The standard InChI is InChI=1S/C11H18N2O7S/c12-9(14)4-3-8(11(16)17)13-10(15)6-1-2-7(5-6)21(18,19)20/h6-8H,1-5H2,(H2,12,14)(H,13,15)(H,16,17)(H,18,19,20)/t6?,7?,8-/m0/s1. The van der Waals surface area contributed by atoms with E-state index >= 15 is 0 Å². The number of carbonyl (C=O) groups is 3. The van der Waals surface area contributed by atoms with Crippen LogP contribution in [0, 0.1) is 5.92 Å². The number of carboxylic acids is 1. The Bertz CT molecular complexity index is 531. The van der Waals surface area contributed by atoms with E-state index in [9.17, 15) is 22.8 Å². The summed E-state index contributed by atoms with van der Waals surface area (Å²) in [5.41, 5.74) is 4.92. The van der Waals surface area contributed by atoms with Gasteiger partial charge in [0.15, 0.2) is 0 Å². The molecule has 0 spiro atoms. The predicted octanol–water partition coefficient (Wildman–Crippen LogP) is -1.12. The van der Waals surface area contributed by atoms with Gasteiger partial charge in [0.2, 0.25) is 11.8 Å². The molecule has 1 fully saturated rings. The van der Waals surface area contributed by atoms with Crippen LogP contribution in [0.25, 0.3) is 0 Å². The SMILES string of the molecule is NC(=O)CC[C@H](NC(=O)C1CCC(S(=O)(=O)O)C1)C(=O)O. The molecule has 0 radical (unpaired) electrons. The van der Waals surface area contributed by atoms with Crippen molar-refractivity contribution in [3.05, 3.63) is 0 Å². The number of hydrogen-bond donors (Lipinski definition) is 4. The summed E-state index contributed by atoms with van der Waals surface area (Å²) in [5, 5.41) is 10.2. The van der Waals surface area contributed by atoms with E-state index in [1.54, 1.807) is 0 Å². The van der Waals surface area contributed by atoms with Crippen molar-refractivity contribution in [3.63, 3.8) is 0 Å². The first kappa shape index (κ1) is 17.4. The highest BCUT2D eigenvalue weighted by Crippen LogP contribution is 2.30. The van der Waals surface area contributed by atoms with E-state index in [0.717, 1.165) is 0 Å². The zero-order chi connectivity index (χ0) is 16.2. The maximum atomic E-state index is 11.9. The Morgan fingerprint density at radius 3 is 2.33 bits per heavy atom. The molecular formula is C11H18N2O7S. The molecule has 0 aliphatic heterocycles. The molecule has 0 bridgehead atoms. The molecule has 2 amide bonds. The number of aliphatic carboxylic acids is 1. The number of nitrogens with two attached hydrogens (primary N) is 1. The molecule has 2 unspecified atom stereocenters. The molecule has 1 aliphatic carbocycles. The summed E-state index contributed by atoms with van der Waals surface area (Å²) in [6.07, 6.45) is 0.0294. The lowest BCUT2D eigenvalue weighted by Gasteiger charge is -2.17. The second kappa shape index (κ2) is 6.85. The smallest absolute Gasteiger partial charge is 0.326 e. The van der Waals surface area contributed by atoms with E-state index in [0.29, 0.717) is 0 Å². The van der Waals surface area contributed by atoms with Crippen LogP contribution in [0.1, 0.15) is 32.1 Å². The molecule has 5 N–H and O–H groups in total. The molecule has 3 atom stereocenters. The van der Waals surface area contributed by atoms with E-state index in [1.165, 1.54) is 0 Å². The summed E-state index contributed by atoms with van der Waals surface area (Å²) in [5.74, 6) is -3.25. The number of carbonyl (C=O) groups excluding carboxylic acids is 2. The van der Waals surface area contributed by atoms with Crippen LogP contribution in [0.3, 0.4) is 0 Å². The third-order valence-corrected chi connectivity index (χ3v) is 4.74. The zero-order valence-corrected chi connectivity index (χ0v) is 12.0. The second-order valence-electron chi connectivity index (χ2n) is 5.05. The lowest BCUT2D eigenvalue weighted by atomic mass is 10.1. The molecule has 0 aromatic rings. The topological polar surface area (TPSA) is 164 Å². The summed E-state index contributed by atoms with van der Waals surface area (Å²) in [6.45, 7) is 0. The van der Waals surface area contributed by atoms with E-state index in [2.05, 4.69) is 5.32 Å². The third kappa shape index (κ3) is 5.31. The minimum atomic E-state index is -4.19.